The summed E-state index contributed by atoms with van der Waals surface area (Å²) in [7, 11) is 0. The minimum absolute atomic E-state index is 0. The van der Waals surface area contributed by atoms with Crippen LogP contribution in [0, 0.1) is 0 Å². The fraction of sp³-hybridized carbons (Fsp3) is 0. The summed E-state index contributed by atoms with van der Waals surface area (Å²) < 4.78 is 2.41. The van der Waals surface area contributed by atoms with Gasteiger partial charge in [-0.05, 0) is 83.5 Å². The summed E-state index contributed by atoms with van der Waals surface area (Å²) in [6.45, 7) is 0. The number of H-pyrrole nitrogens is 1. The van der Waals surface area contributed by atoms with E-state index in [4.69, 9.17) is 9.97 Å². The van der Waals surface area contributed by atoms with Crippen LogP contribution in [0.4, 0.5) is 0 Å². The number of rotatable bonds is 4. The van der Waals surface area contributed by atoms with Crippen LogP contribution in [-0.2, 0) is 19.5 Å². The molecule has 5 heteroatoms. The molecule has 4 aromatic carbocycles. The first-order chi connectivity index (χ1) is 23.8. The van der Waals surface area contributed by atoms with Crippen molar-refractivity contribution in [3.63, 3.8) is 0 Å². The van der Waals surface area contributed by atoms with Gasteiger partial charge in [0, 0.05) is 52.9 Å². The van der Waals surface area contributed by atoms with Crippen LogP contribution in [0.1, 0.15) is 22.8 Å². The van der Waals surface area contributed by atoms with E-state index in [1.165, 1.54) is 0 Å². The zero-order valence-corrected chi connectivity index (χ0v) is 28.2. The molecular formula is C44H30N4Ru. The van der Waals surface area contributed by atoms with Crippen molar-refractivity contribution < 1.29 is 19.5 Å². The maximum absolute atomic E-state index is 5.29. The molecule has 9 rings (SSSR count). The number of para-hydroxylation sites is 1. The molecule has 0 unspecified atom stereocenters. The molecule has 0 radical (unpaired) electrons. The van der Waals surface area contributed by atoms with Gasteiger partial charge < -0.3 is 9.55 Å². The number of nitrogens with one attached hydrogen (secondary N) is 1. The smallest absolute Gasteiger partial charge is 0.0737 e. The van der Waals surface area contributed by atoms with Crippen molar-refractivity contribution in [2.75, 3.05) is 0 Å². The fourth-order valence-corrected chi connectivity index (χ4v) is 6.81. The Morgan fingerprint density at radius 3 is 1.49 bits per heavy atom. The van der Waals surface area contributed by atoms with Gasteiger partial charge in [0.15, 0.2) is 0 Å². The number of aromatic nitrogens is 4. The summed E-state index contributed by atoms with van der Waals surface area (Å²) in [5.74, 6) is 0. The number of fused-ring (bicyclic) bond motifs is 8. The van der Waals surface area contributed by atoms with E-state index in [0.29, 0.717) is 0 Å². The minimum Gasteiger partial charge on any atom is -0.355 e. The van der Waals surface area contributed by atoms with Gasteiger partial charge in [-0.3, -0.25) is 0 Å². The minimum atomic E-state index is 0. The zero-order chi connectivity index (χ0) is 31.9. The molecule has 0 fully saturated rings. The Morgan fingerprint density at radius 2 is 0.898 bits per heavy atom. The second-order valence-electron chi connectivity index (χ2n) is 12.0. The van der Waals surface area contributed by atoms with Crippen LogP contribution in [-0.4, -0.2) is 19.5 Å². The first kappa shape index (κ1) is 30.4. The van der Waals surface area contributed by atoms with Crippen LogP contribution in [0.5, 0.6) is 0 Å². The molecule has 8 bridgehead atoms. The molecule has 7 aromatic rings. The van der Waals surface area contributed by atoms with Crippen molar-refractivity contribution in [3.05, 3.63) is 174 Å². The number of benzene rings is 4. The summed E-state index contributed by atoms with van der Waals surface area (Å²) in [4.78, 5) is 13.9. The number of hydrogen-bond acceptors (Lipinski definition) is 2. The van der Waals surface area contributed by atoms with Crippen LogP contribution < -0.4 is 0 Å². The van der Waals surface area contributed by atoms with Crippen LogP contribution in [0.3, 0.4) is 0 Å². The van der Waals surface area contributed by atoms with Gasteiger partial charge in [0.25, 0.3) is 0 Å². The molecule has 0 atom stereocenters. The largest absolute Gasteiger partial charge is 0.355 e. The van der Waals surface area contributed by atoms with Crippen molar-refractivity contribution in [2.45, 2.75) is 0 Å². The monoisotopic (exact) mass is 716 g/mol. The van der Waals surface area contributed by atoms with Crippen LogP contribution in [0.25, 0.3) is 85.4 Å². The van der Waals surface area contributed by atoms with E-state index in [1.54, 1.807) is 0 Å². The molecule has 5 heterocycles. The van der Waals surface area contributed by atoms with E-state index in [9.17, 15) is 0 Å². The van der Waals surface area contributed by atoms with Gasteiger partial charge in [-0.15, -0.1) is 0 Å². The third kappa shape index (κ3) is 5.69. The molecule has 1 N–H and O–H groups in total. The summed E-state index contributed by atoms with van der Waals surface area (Å²) in [6, 6.07) is 53.3. The van der Waals surface area contributed by atoms with Crippen molar-refractivity contribution in [1.82, 2.24) is 19.5 Å². The summed E-state index contributed by atoms with van der Waals surface area (Å²) >= 11 is 0. The van der Waals surface area contributed by atoms with E-state index < -0.39 is 0 Å². The van der Waals surface area contributed by atoms with E-state index in [2.05, 4.69) is 186 Å². The maximum atomic E-state index is 5.29. The molecular weight excluding hydrogens is 686 g/mol. The van der Waals surface area contributed by atoms with Gasteiger partial charge in [0.2, 0.25) is 0 Å². The van der Waals surface area contributed by atoms with Gasteiger partial charge in [0.1, 0.15) is 0 Å². The molecule has 0 amide bonds. The molecule has 234 valence electrons. The second kappa shape index (κ2) is 13.0. The fourth-order valence-electron chi connectivity index (χ4n) is 6.81. The van der Waals surface area contributed by atoms with Gasteiger partial charge in [-0.1, -0.05) is 109 Å². The molecule has 3 aromatic heterocycles. The number of nitrogens with zero attached hydrogens (tertiary/aromatic N) is 3. The first-order valence-corrected chi connectivity index (χ1v) is 16.2. The average Bonchev–Trinajstić information content (AvgIpc) is 3.95. The van der Waals surface area contributed by atoms with Gasteiger partial charge >= 0.3 is 0 Å². The number of aromatic amines is 1. The Morgan fingerprint density at radius 1 is 0.429 bits per heavy atom. The summed E-state index contributed by atoms with van der Waals surface area (Å²) in [5.41, 5.74) is 15.4. The third-order valence-electron chi connectivity index (χ3n) is 8.87. The Labute approximate surface area is 297 Å². The van der Waals surface area contributed by atoms with Gasteiger partial charge in [0.05, 0.1) is 33.8 Å². The topological polar surface area (TPSA) is 46.5 Å². The predicted octanol–water partition coefficient (Wildman–Crippen LogP) is 11.1. The van der Waals surface area contributed by atoms with Gasteiger partial charge in [-0.25, -0.2) is 9.97 Å². The molecule has 0 aliphatic carbocycles. The van der Waals surface area contributed by atoms with E-state index >= 15 is 0 Å². The van der Waals surface area contributed by atoms with Crippen molar-refractivity contribution in [3.8, 4) is 39.1 Å². The van der Waals surface area contributed by atoms with Crippen LogP contribution in [0.15, 0.2) is 152 Å². The molecule has 0 saturated heterocycles. The molecule has 4 nitrogen and oxygen atoms in total. The Kier molecular flexibility index (Phi) is 8.05. The van der Waals surface area contributed by atoms with Crippen molar-refractivity contribution in [1.29, 1.82) is 0 Å². The molecule has 2 aliphatic rings. The van der Waals surface area contributed by atoms with E-state index in [1.807, 2.05) is 0 Å². The van der Waals surface area contributed by atoms with E-state index in [-0.39, 0.29) is 19.5 Å². The second-order valence-corrected chi connectivity index (χ2v) is 12.0. The maximum Gasteiger partial charge on any atom is 0.0737 e. The van der Waals surface area contributed by atoms with Gasteiger partial charge in [-0.2, -0.15) is 0 Å². The first-order valence-electron chi connectivity index (χ1n) is 16.2. The normalized spacial score (nSPS) is 11.8. The zero-order valence-electron chi connectivity index (χ0n) is 26.4. The Bertz CT molecular complexity index is 2530. The molecule has 49 heavy (non-hydrogen) atoms. The summed E-state index contributed by atoms with van der Waals surface area (Å²) in [5, 5.41) is 0. The van der Waals surface area contributed by atoms with Crippen molar-refractivity contribution in [2.24, 2.45) is 0 Å². The van der Waals surface area contributed by atoms with E-state index in [0.717, 1.165) is 83.9 Å². The third-order valence-corrected chi connectivity index (χ3v) is 8.87. The standard InChI is InChI=1S/C44H30N4.Ru/c1-5-13-30(14-6-1)41-39-26-25-36(47-39)28-35-22-21-33(45-35)27-34-23-24-37(46-34)29-40-42(31-15-7-2-8-16-31)43(32-17-9-3-10-18-32)44(41)48(40)38-19-11-4-12-20-38;/h1-29,45H;. The Balaban J connectivity index is 0.00000348. The van der Waals surface area contributed by atoms with Crippen LogP contribution >= 0.6 is 0 Å². The molecule has 0 saturated carbocycles. The van der Waals surface area contributed by atoms with Crippen molar-refractivity contribution >= 4 is 46.4 Å². The SMILES string of the molecule is C1=Cc2cc3c(-c4ccccc4)c(-c4ccccc4)c(c(-c4ccccc4)c4nc(cc5ccc(cc1n2)[nH]5)C=C4)n3-c1ccccc1.[Ru]. The van der Waals surface area contributed by atoms with Crippen LogP contribution in [0.2, 0.25) is 0 Å². The average molecular weight is 716 g/mol. The Hall–Kier alpha value is -5.90. The molecule has 2 aliphatic heterocycles. The molecule has 0 spiro atoms. The number of hydrogen-bond donors (Lipinski definition) is 1. The predicted molar refractivity (Wildman–Crippen MR) is 200 cm³/mol. The quantitative estimate of drug-likeness (QED) is 0.184. The summed E-state index contributed by atoms with van der Waals surface area (Å²) in [6.07, 6.45) is 8.44.